The van der Waals surface area contributed by atoms with Gasteiger partial charge in [0.1, 0.15) is 5.82 Å². The van der Waals surface area contributed by atoms with E-state index in [0.29, 0.717) is 11.4 Å². The summed E-state index contributed by atoms with van der Waals surface area (Å²) in [6.07, 6.45) is 1.68. The van der Waals surface area contributed by atoms with Crippen molar-refractivity contribution >= 4 is 28.8 Å². The van der Waals surface area contributed by atoms with Crippen LogP contribution in [0.4, 0.5) is 17.2 Å². The first kappa shape index (κ1) is 20.3. The summed E-state index contributed by atoms with van der Waals surface area (Å²) in [6, 6.07) is 15.8. The van der Waals surface area contributed by atoms with Crippen molar-refractivity contribution in [2.45, 2.75) is 32.4 Å². The normalized spacial score (nSPS) is 16.0. The van der Waals surface area contributed by atoms with E-state index in [9.17, 15) is 4.79 Å². The minimum atomic E-state index is -0.198. The van der Waals surface area contributed by atoms with Crippen molar-refractivity contribution in [2.24, 2.45) is 0 Å². The van der Waals surface area contributed by atoms with E-state index in [4.69, 9.17) is 0 Å². The van der Waals surface area contributed by atoms with Gasteiger partial charge < -0.3 is 21.3 Å². The predicted molar refractivity (Wildman–Crippen MR) is 129 cm³/mol. The number of anilines is 3. The minimum Gasteiger partial charge on any atom is -0.381 e. The largest absolute Gasteiger partial charge is 0.381 e. The lowest BCUT2D eigenvalue weighted by Gasteiger charge is -2.33. The van der Waals surface area contributed by atoms with Crippen molar-refractivity contribution in [2.75, 3.05) is 17.2 Å². The maximum absolute atomic E-state index is 13.1. The van der Waals surface area contributed by atoms with E-state index in [2.05, 4.69) is 64.9 Å². The van der Waals surface area contributed by atoms with Gasteiger partial charge in [-0.15, -0.1) is 0 Å². The molecule has 1 aromatic heterocycles. The maximum atomic E-state index is 13.1. The molecule has 0 fully saturated rings. The van der Waals surface area contributed by atoms with Gasteiger partial charge in [0.05, 0.1) is 5.56 Å². The molecule has 3 aromatic rings. The van der Waals surface area contributed by atoms with Crippen LogP contribution in [0.3, 0.4) is 0 Å². The molecule has 0 saturated heterocycles. The number of fused-ring (bicyclic) bond motifs is 2. The molecule has 0 saturated carbocycles. The number of aromatic nitrogens is 1. The Labute approximate surface area is 188 Å². The highest BCUT2D eigenvalue weighted by molar-refractivity contribution is 6.07. The van der Waals surface area contributed by atoms with Crippen LogP contribution in [0.2, 0.25) is 0 Å². The van der Waals surface area contributed by atoms with Gasteiger partial charge in [0, 0.05) is 53.9 Å². The highest BCUT2D eigenvalue weighted by atomic mass is 16.1. The maximum Gasteiger partial charge on any atom is 0.259 e. The van der Waals surface area contributed by atoms with E-state index >= 15 is 0 Å². The zero-order valence-corrected chi connectivity index (χ0v) is 18.4. The number of carbonyl (C=O) groups is 1. The lowest BCUT2D eigenvalue weighted by molar-refractivity contribution is 0.102. The zero-order valence-electron chi connectivity index (χ0n) is 18.4. The SMILES string of the molecule is C=C1NCc2ccc(Nc3ncccc3C(=O)Nc3ccc4c(c3)CNCC4(C)C)cc21. The predicted octanol–water partition coefficient (Wildman–Crippen LogP) is 4.53. The molecule has 1 amide bonds. The summed E-state index contributed by atoms with van der Waals surface area (Å²) in [6.45, 7) is 11.1. The number of hydrogen-bond donors (Lipinski definition) is 4. The molecular weight excluding hydrogens is 398 g/mol. The van der Waals surface area contributed by atoms with Crippen molar-refractivity contribution in [3.05, 3.63) is 89.1 Å². The molecule has 2 aliphatic heterocycles. The van der Waals surface area contributed by atoms with Gasteiger partial charge in [-0.3, -0.25) is 4.79 Å². The molecule has 32 heavy (non-hydrogen) atoms. The van der Waals surface area contributed by atoms with Crippen LogP contribution in [0.5, 0.6) is 0 Å². The summed E-state index contributed by atoms with van der Waals surface area (Å²) < 4.78 is 0. The van der Waals surface area contributed by atoms with Crippen molar-refractivity contribution in [1.82, 2.24) is 15.6 Å². The summed E-state index contributed by atoms with van der Waals surface area (Å²) in [5.41, 5.74) is 7.96. The Morgan fingerprint density at radius 1 is 1.06 bits per heavy atom. The summed E-state index contributed by atoms with van der Waals surface area (Å²) in [5.74, 6) is 0.318. The molecule has 6 nitrogen and oxygen atoms in total. The van der Waals surface area contributed by atoms with Crippen LogP contribution in [0, 0.1) is 0 Å². The number of benzene rings is 2. The Morgan fingerprint density at radius 2 is 1.91 bits per heavy atom. The van der Waals surface area contributed by atoms with Gasteiger partial charge in [-0.25, -0.2) is 4.98 Å². The monoisotopic (exact) mass is 425 g/mol. The molecule has 2 aliphatic rings. The van der Waals surface area contributed by atoms with E-state index in [1.807, 2.05) is 18.2 Å². The fourth-order valence-corrected chi connectivity index (χ4v) is 4.49. The quantitative estimate of drug-likeness (QED) is 0.494. The van der Waals surface area contributed by atoms with Gasteiger partial charge in [-0.05, 0) is 53.1 Å². The molecule has 0 radical (unpaired) electrons. The number of amides is 1. The van der Waals surface area contributed by atoms with Crippen LogP contribution >= 0.6 is 0 Å². The fourth-order valence-electron chi connectivity index (χ4n) is 4.49. The summed E-state index contributed by atoms with van der Waals surface area (Å²) in [7, 11) is 0. The highest BCUT2D eigenvalue weighted by Gasteiger charge is 2.27. The number of nitrogens with one attached hydrogen (secondary N) is 4. The van der Waals surface area contributed by atoms with Gasteiger partial charge >= 0.3 is 0 Å². The Bertz CT molecular complexity index is 1230. The van der Waals surface area contributed by atoms with E-state index in [1.165, 1.54) is 16.7 Å². The highest BCUT2D eigenvalue weighted by Crippen LogP contribution is 2.32. The molecule has 6 heteroatoms. The molecule has 3 heterocycles. The van der Waals surface area contributed by atoms with Crippen molar-refractivity contribution in [3.63, 3.8) is 0 Å². The first-order chi connectivity index (χ1) is 15.4. The first-order valence-electron chi connectivity index (χ1n) is 10.8. The topological polar surface area (TPSA) is 78.1 Å². The zero-order chi connectivity index (χ0) is 22.3. The van der Waals surface area contributed by atoms with Gasteiger partial charge in [0.2, 0.25) is 0 Å². The second kappa shape index (κ2) is 7.80. The molecule has 2 aromatic carbocycles. The smallest absolute Gasteiger partial charge is 0.259 e. The standard InChI is InChI=1S/C26H27N5O/c1-16-22-12-20(7-6-17(22)14-29-16)30-24-21(5-4-10-28-24)25(32)31-19-8-9-23-18(11-19)13-27-15-26(23,2)3/h4-12,27,29H,1,13-15H2,2-3H3,(H,28,30)(H,31,32). The Kier molecular flexibility index (Phi) is 4.94. The van der Waals surface area contributed by atoms with Crippen LogP contribution in [-0.2, 0) is 18.5 Å². The average Bonchev–Trinajstić information content (AvgIpc) is 3.14. The number of pyridine rings is 1. The van der Waals surface area contributed by atoms with Crippen molar-refractivity contribution in [1.29, 1.82) is 0 Å². The Morgan fingerprint density at radius 3 is 2.78 bits per heavy atom. The molecule has 0 atom stereocenters. The van der Waals surface area contributed by atoms with E-state index in [0.717, 1.165) is 42.3 Å². The number of carbonyl (C=O) groups excluding carboxylic acids is 1. The molecule has 162 valence electrons. The van der Waals surface area contributed by atoms with Crippen molar-refractivity contribution in [3.8, 4) is 0 Å². The molecule has 0 unspecified atom stereocenters. The summed E-state index contributed by atoms with van der Waals surface area (Å²) in [4.78, 5) is 17.5. The second-order valence-electron chi connectivity index (χ2n) is 9.04. The Hall–Kier alpha value is -3.64. The van der Waals surface area contributed by atoms with Crippen LogP contribution < -0.4 is 21.3 Å². The average molecular weight is 426 g/mol. The molecule has 0 aliphatic carbocycles. The third-order valence-electron chi connectivity index (χ3n) is 6.22. The van der Waals surface area contributed by atoms with E-state index in [-0.39, 0.29) is 11.3 Å². The fraction of sp³-hybridized carbons (Fsp3) is 0.231. The molecule has 0 bridgehead atoms. The van der Waals surface area contributed by atoms with E-state index < -0.39 is 0 Å². The molecule has 0 spiro atoms. The van der Waals surface area contributed by atoms with Gasteiger partial charge in [-0.1, -0.05) is 32.6 Å². The lowest BCUT2D eigenvalue weighted by atomic mass is 9.79. The number of hydrogen-bond acceptors (Lipinski definition) is 5. The van der Waals surface area contributed by atoms with Gasteiger partial charge in [-0.2, -0.15) is 0 Å². The molecule has 4 N–H and O–H groups in total. The third kappa shape index (κ3) is 3.74. The molecular formula is C26H27N5O. The third-order valence-corrected chi connectivity index (χ3v) is 6.22. The first-order valence-corrected chi connectivity index (χ1v) is 10.8. The Balaban J connectivity index is 1.38. The molecule has 5 rings (SSSR count). The minimum absolute atomic E-state index is 0.0766. The van der Waals surface area contributed by atoms with Crippen LogP contribution in [-0.4, -0.2) is 17.4 Å². The lowest BCUT2D eigenvalue weighted by Crippen LogP contribution is -2.38. The van der Waals surface area contributed by atoms with Crippen LogP contribution in [0.1, 0.15) is 46.5 Å². The summed E-state index contributed by atoms with van der Waals surface area (Å²) in [5, 5.41) is 13.0. The van der Waals surface area contributed by atoms with E-state index in [1.54, 1.807) is 18.3 Å². The number of nitrogens with zero attached hydrogens (tertiary/aromatic N) is 1. The summed E-state index contributed by atoms with van der Waals surface area (Å²) >= 11 is 0. The van der Waals surface area contributed by atoms with Gasteiger partial charge in [0.25, 0.3) is 5.91 Å². The number of rotatable bonds is 4. The van der Waals surface area contributed by atoms with Crippen LogP contribution in [0.25, 0.3) is 5.70 Å². The van der Waals surface area contributed by atoms with Crippen molar-refractivity contribution < 1.29 is 4.79 Å². The van der Waals surface area contributed by atoms with Crippen LogP contribution in [0.15, 0.2) is 61.3 Å². The second-order valence-corrected chi connectivity index (χ2v) is 9.04. The van der Waals surface area contributed by atoms with Gasteiger partial charge in [0.15, 0.2) is 0 Å².